The number of aromatic carboxylic acids is 1. The van der Waals surface area contributed by atoms with Crippen LogP contribution in [-0.2, 0) is 54.8 Å². The molecule has 0 unspecified atom stereocenters. The van der Waals surface area contributed by atoms with Crippen LogP contribution in [0.4, 0.5) is 28.7 Å². The first-order chi connectivity index (χ1) is 52.6. The van der Waals surface area contributed by atoms with Gasteiger partial charge in [-0.2, -0.15) is 35.7 Å². The molecule has 9 aromatic rings. The minimum Gasteiger partial charge on any atom is -1.00 e. The predicted octanol–water partition coefficient (Wildman–Crippen LogP) is 4.36. The number of piperidine rings is 1. The molecule has 1 fully saturated rings. The molecule has 14 rings (SSSR count). The topological polar surface area (TPSA) is 359 Å². The average Bonchev–Trinajstić information content (AvgIpc) is 0.805. The van der Waals surface area contributed by atoms with E-state index in [-0.39, 0.29) is 107 Å². The summed E-state index contributed by atoms with van der Waals surface area (Å²) in [5.41, 5.74) is 15.7. The Morgan fingerprint density at radius 2 is 1.21 bits per heavy atom. The van der Waals surface area contributed by atoms with Gasteiger partial charge in [0.25, 0.3) is 26.1 Å². The van der Waals surface area contributed by atoms with E-state index in [2.05, 4.69) is 25.6 Å². The second kappa shape index (κ2) is 32.4. The fourth-order valence-electron chi connectivity index (χ4n) is 13.7. The molecule has 0 radical (unpaired) electrons. The van der Waals surface area contributed by atoms with E-state index in [1.165, 1.54) is 40.7 Å². The van der Waals surface area contributed by atoms with Crippen LogP contribution in [0.3, 0.4) is 0 Å². The molecule has 0 saturated carbocycles. The lowest BCUT2D eigenvalue weighted by Gasteiger charge is -2.31. The van der Waals surface area contributed by atoms with Crippen molar-refractivity contribution in [2.24, 2.45) is 5.92 Å². The predicted molar refractivity (Wildman–Crippen MR) is 417 cm³/mol. The smallest absolute Gasteiger partial charge is 0.336 e. The zero-order valence-electron chi connectivity index (χ0n) is 61.2. The van der Waals surface area contributed by atoms with Crippen LogP contribution < -0.4 is 75.6 Å². The lowest BCUT2D eigenvalue weighted by molar-refractivity contribution is -0.126. The minimum absolute atomic E-state index is 0. The van der Waals surface area contributed by atoms with Gasteiger partial charge in [-0.15, -0.1) is 0 Å². The van der Waals surface area contributed by atoms with Gasteiger partial charge in [-0.25, -0.2) is 22.8 Å². The van der Waals surface area contributed by atoms with Gasteiger partial charge in [0.15, 0.2) is 11.2 Å². The van der Waals surface area contributed by atoms with E-state index in [1.54, 1.807) is 101 Å². The molecule has 2 aromatic heterocycles. The van der Waals surface area contributed by atoms with E-state index in [4.69, 9.17) is 19.3 Å². The number of anilines is 4. The van der Waals surface area contributed by atoms with Gasteiger partial charge < -0.3 is 74.2 Å². The second-order valence-corrected chi connectivity index (χ2v) is 31.9. The van der Waals surface area contributed by atoms with Gasteiger partial charge >= 0.3 is 5.97 Å². The number of nitrogens with zero attached hydrogens (tertiary/aromatic N) is 9. The zero-order valence-corrected chi connectivity index (χ0v) is 65.2. The number of ether oxygens (including phenoxy) is 1. The molecular formula is C80H76Cl2N12O15S3. The second-order valence-electron chi connectivity index (χ2n) is 27.2. The number of aryl methyl sites for hydroxylation is 1. The van der Waals surface area contributed by atoms with E-state index >= 15 is 8.42 Å². The van der Waals surface area contributed by atoms with Crippen LogP contribution in [0, 0.1) is 5.92 Å². The molecule has 7 N–H and O–H groups in total. The lowest BCUT2D eigenvalue weighted by Crippen LogP contribution is -3.00. The largest absolute Gasteiger partial charge is 1.00 e. The van der Waals surface area contributed by atoms with Crippen molar-refractivity contribution in [3.05, 3.63) is 227 Å². The first-order valence-electron chi connectivity index (χ1n) is 34.9. The summed E-state index contributed by atoms with van der Waals surface area (Å²) in [6.07, 6.45) is 2.60. The molecule has 27 nitrogen and oxygen atoms in total. The van der Waals surface area contributed by atoms with Crippen molar-refractivity contribution in [2.45, 2.75) is 53.6 Å². The molecule has 578 valence electrons. The number of fused-ring (bicyclic) bond motifs is 5. The average molecular weight is 1610 g/mol. The van der Waals surface area contributed by atoms with E-state index < -0.39 is 48.1 Å². The van der Waals surface area contributed by atoms with Crippen LogP contribution in [0.15, 0.2) is 218 Å². The van der Waals surface area contributed by atoms with Crippen molar-refractivity contribution in [3.8, 4) is 50.8 Å². The maximum atomic E-state index is 15.1. The van der Waals surface area contributed by atoms with Crippen molar-refractivity contribution in [2.75, 3.05) is 77.5 Å². The molecule has 1 saturated heterocycles. The Kier molecular flexibility index (Phi) is 23.1. The fraction of sp³-hybridized carbons (Fsp3) is 0.200. The van der Waals surface area contributed by atoms with Crippen molar-refractivity contribution in [1.82, 2.24) is 43.6 Å². The first kappa shape index (κ1) is 79.9. The van der Waals surface area contributed by atoms with Crippen molar-refractivity contribution in [1.29, 1.82) is 0 Å². The van der Waals surface area contributed by atoms with Crippen molar-refractivity contribution in [3.63, 3.8) is 0 Å². The summed E-state index contributed by atoms with van der Waals surface area (Å²) in [4.78, 5) is 57.2. The summed E-state index contributed by atoms with van der Waals surface area (Å²) < 4.78 is 123. The van der Waals surface area contributed by atoms with Crippen LogP contribution in [0.1, 0.15) is 51.1 Å². The van der Waals surface area contributed by atoms with Gasteiger partial charge in [0.05, 0.1) is 38.7 Å². The third-order valence-electron chi connectivity index (χ3n) is 19.8. The van der Waals surface area contributed by atoms with E-state index in [0.29, 0.717) is 120 Å². The number of nitrogens with one attached hydrogen (secondary N) is 2. The Balaban J connectivity index is 0.00000582. The number of carbonyl (C=O) groups excluding carboxylic acids is 2. The Labute approximate surface area is 656 Å². The monoisotopic (exact) mass is 1610 g/mol. The Hall–Kier alpha value is -11.6. The highest BCUT2D eigenvalue weighted by Crippen LogP contribution is 2.46. The molecule has 0 atom stereocenters. The molecule has 0 bridgehead atoms. The zero-order chi connectivity index (χ0) is 77.7. The number of amides is 2. The number of carbonyl (C=O) groups is 3. The molecule has 5 heterocycles. The highest BCUT2D eigenvalue weighted by Gasteiger charge is 2.35. The molecule has 112 heavy (non-hydrogen) atoms. The third kappa shape index (κ3) is 16.4. The fourth-order valence-corrected chi connectivity index (χ4v) is 16.4. The maximum absolute atomic E-state index is 15.1. The summed E-state index contributed by atoms with van der Waals surface area (Å²) in [5, 5.41) is 19.3. The molecule has 2 aliphatic carbocycles. The van der Waals surface area contributed by atoms with Gasteiger partial charge in [0, 0.05) is 157 Å². The summed E-state index contributed by atoms with van der Waals surface area (Å²) in [7, 11) is -1.89. The Morgan fingerprint density at radius 3 is 1.84 bits per heavy atom. The number of carboxylic acid groups (broad SMARTS) is 1. The van der Waals surface area contributed by atoms with Gasteiger partial charge in [-0.05, 0) is 133 Å². The molecule has 32 heteroatoms. The number of sulfonamides is 1. The summed E-state index contributed by atoms with van der Waals surface area (Å²) in [6.45, 7) is 1.08. The number of aromatic nitrogens is 4. The van der Waals surface area contributed by atoms with Gasteiger partial charge in [-0.3, -0.25) is 18.7 Å². The number of halogens is 2. The number of nitrogen functional groups attached to an aromatic ring is 1. The highest BCUT2D eigenvalue weighted by atomic mass is 35.5. The maximum Gasteiger partial charge on any atom is 0.336 e. The SMILES string of the molecule is CN(C)c1ccc2c(-c3cc(C(=O)NCc4ccc(COc5nc(N)nc6c5ncn6CCCNC(=O)C5CCN(S(=O)(=O)c6ccccc6-c6c7ccc(=[N+](C)c8ccc(S(=O)(=O)O)cc8)cc-7oc7cc(N(C)c8ccc(S(=O)(=O)O)cc8)ccc67)CC5)cc4)ccc3C(=O)O)c3ccc(=[N+](C)C)cc-3oc2c1.[Cl-].[Cl-]. The summed E-state index contributed by atoms with van der Waals surface area (Å²) >= 11 is 0. The minimum atomic E-state index is -4.45. The molecule has 0 spiro atoms. The van der Waals surface area contributed by atoms with Crippen LogP contribution in [0.25, 0.3) is 78.0 Å². The number of nitrogens with two attached hydrogens (primary N) is 1. The number of hydrogen-bond donors (Lipinski definition) is 6. The van der Waals surface area contributed by atoms with Gasteiger partial charge in [0.2, 0.25) is 44.2 Å². The number of carboxylic acids is 1. The van der Waals surface area contributed by atoms with Crippen LogP contribution in [-0.4, -0.2) is 143 Å². The number of rotatable bonds is 22. The number of hydrogen-bond acceptors (Lipinski definition) is 18. The normalized spacial score (nSPS) is 13.2. The standard InChI is InChI=1S/C80H74N12O15S3.2ClH/c1-87(2)54-21-30-63-67(41-54)106-68-42-55(88(3)4)22-31-64(68)73(63)66-40-51(16-29-60(66)79(95)96)77(94)83-45-48-12-14-49(15-13-48)46-105-78-74-75(85-80(81)86-78)91(47-84-74)37-9-36-82-76(93)50-34-38-92(39-35-50)108(97,98)71-11-8-7-10-65(71)72-61-32-23-56(89(5)52-17-25-58(26-18-52)109(99,100)101)43-69(61)107-70-44-57(24-33-62(70)72)90(6)53-19-27-59(28-20-53)110(102,103)104;;/h7-8,10-33,40-44,47,50H,9,34-39,45-46H2,1-6H3,(H5-2,81,82,83,85,86,93,94,95,96,99,100,101,102,103,104);2*1H. The number of imidazole rings is 1. The van der Waals surface area contributed by atoms with E-state index in [0.717, 1.165) is 22.2 Å². The molecule has 2 amide bonds. The molecular weight excluding hydrogens is 1540 g/mol. The molecule has 5 aliphatic rings. The van der Waals surface area contributed by atoms with Crippen LogP contribution in [0.2, 0.25) is 0 Å². The highest BCUT2D eigenvalue weighted by molar-refractivity contribution is 7.89. The summed E-state index contributed by atoms with van der Waals surface area (Å²) in [5.74, 6) is -1.17. The quantitative estimate of drug-likeness (QED) is 0.0237. The third-order valence-corrected chi connectivity index (χ3v) is 23.5. The van der Waals surface area contributed by atoms with Crippen LogP contribution >= 0.6 is 0 Å². The Bertz CT molecular complexity index is 6290. The van der Waals surface area contributed by atoms with E-state index in [9.17, 15) is 45.4 Å². The summed E-state index contributed by atoms with van der Waals surface area (Å²) in [6, 6.07) is 52.4. The first-order valence-corrected chi connectivity index (χ1v) is 39.2. The van der Waals surface area contributed by atoms with Gasteiger partial charge in [0.1, 0.15) is 50.4 Å². The van der Waals surface area contributed by atoms with Crippen molar-refractivity contribution >= 4 is 110 Å². The van der Waals surface area contributed by atoms with Crippen LogP contribution in [0.5, 0.6) is 5.88 Å². The molecule has 7 aromatic carbocycles. The molecule has 3 aliphatic heterocycles. The van der Waals surface area contributed by atoms with Crippen molar-refractivity contribution < 1.29 is 92.2 Å². The number of benzene rings is 9. The van der Waals surface area contributed by atoms with Gasteiger partial charge in [-0.1, -0.05) is 42.5 Å². The Morgan fingerprint density at radius 1 is 0.634 bits per heavy atom. The van der Waals surface area contributed by atoms with E-state index in [1.807, 2.05) is 123 Å². The lowest BCUT2D eigenvalue weighted by atomic mass is 9.89.